The van der Waals surface area contributed by atoms with E-state index in [1.807, 2.05) is 32.0 Å². The van der Waals surface area contributed by atoms with Crippen LogP contribution in [0.15, 0.2) is 42.5 Å². The van der Waals surface area contributed by atoms with Gasteiger partial charge in [-0.3, -0.25) is 9.59 Å². The number of amides is 1. The van der Waals surface area contributed by atoms with E-state index in [0.717, 1.165) is 11.1 Å². The van der Waals surface area contributed by atoms with Crippen molar-refractivity contribution in [2.75, 3.05) is 0 Å². The molecule has 0 fully saturated rings. The summed E-state index contributed by atoms with van der Waals surface area (Å²) in [5, 5.41) is 3.32. The van der Waals surface area contributed by atoms with E-state index in [9.17, 15) is 9.59 Å². The maximum atomic E-state index is 12.0. The van der Waals surface area contributed by atoms with Crippen LogP contribution in [-0.4, -0.2) is 17.9 Å². The van der Waals surface area contributed by atoms with E-state index in [-0.39, 0.29) is 17.9 Å². The second kappa shape index (κ2) is 7.97. The van der Waals surface area contributed by atoms with E-state index in [4.69, 9.17) is 16.3 Å². The summed E-state index contributed by atoms with van der Waals surface area (Å²) in [6, 6.07) is 12.4. The standard InChI is InChI=1S/C19H20ClNO3/c1-4-18(22)24-15-8-5-13(6-9-15)16-10-7-14(11-17(16)20)19(23)21-12(2)3/h5-12H,4H2,1-3H3,(H,21,23). The smallest absolute Gasteiger partial charge is 0.310 e. The van der Waals surface area contributed by atoms with Gasteiger partial charge in [-0.15, -0.1) is 0 Å². The van der Waals surface area contributed by atoms with Crippen LogP contribution >= 0.6 is 11.6 Å². The molecule has 0 radical (unpaired) electrons. The number of hydrogen-bond acceptors (Lipinski definition) is 3. The van der Waals surface area contributed by atoms with Gasteiger partial charge >= 0.3 is 5.97 Å². The monoisotopic (exact) mass is 345 g/mol. The topological polar surface area (TPSA) is 55.4 Å². The maximum Gasteiger partial charge on any atom is 0.310 e. The van der Waals surface area contributed by atoms with Crippen molar-refractivity contribution in [1.29, 1.82) is 0 Å². The minimum atomic E-state index is -0.277. The zero-order valence-electron chi connectivity index (χ0n) is 13.9. The molecule has 2 aromatic rings. The normalized spacial score (nSPS) is 10.5. The zero-order valence-corrected chi connectivity index (χ0v) is 14.7. The van der Waals surface area contributed by atoms with Crippen molar-refractivity contribution in [3.05, 3.63) is 53.1 Å². The van der Waals surface area contributed by atoms with E-state index in [1.54, 1.807) is 31.2 Å². The van der Waals surface area contributed by atoms with Gasteiger partial charge in [0.05, 0.1) is 0 Å². The van der Waals surface area contributed by atoms with Crippen LogP contribution in [0.5, 0.6) is 5.75 Å². The molecule has 0 atom stereocenters. The maximum absolute atomic E-state index is 12.0. The summed E-state index contributed by atoms with van der Waals surface area (Å²) in [7, 11) is 0. The quantitative estimate of drug-likeness (QED) is 0.643. The molecular formula is C19H20ClNO3. The molecular weight excluding hydrogens is 326 g/mol. The number of hydrogen-bond donors (Lipinski definition) is 1. The molecule has 1 amide bonds. The molecule has 0 aromatic heterocycles. The average Bonchev–Trinajstić information content (AvgIpc) is 2.55. The molecule has 0 aliphatic rings. The van der Waals surface area contributed by atoms with Crippen molar-refractivity contribution in [3.8, 4) is 16.9 Å². The number of nitrogens with one attached hydrogen (secondary N) is 1. The molecule has 24 heavy (non-hydrogen) atoms. The first-order valence-electron chi connectivity index (χ1n) is 7.82. The van der Waals surface area contributed by atoms with Crippen molar-refractivity contribution >= 4 is 23.5 Å². The summed E-state index contributed by atoms with van der Waals surface area (Å²) in [5.41, 5.74) is 2.21. The van der Waals surface area contributed by atoms with E-state index < -0.39 is 0 Å². The Morgan fingerprint density at radius 3 is 2.33 bits per heavy atom. The number of esters is 1. The van der Waals surface area contributed by atoms with Gasteiger partial charge in [-0.05, 0) is 43.7 Å². The van der Waals surface area contributed by atoms with Gasteiger partial charge in [0.25, 0.3) is 5.91 Å². The largest absolute Gasteiger partial charge is 0.427 e. The van der Waals surface area contributed by atoms with Crippen LogP contribution in [0.2, 0.25) is 5.02 Å². The summed E-state index contributed by atoms with van der Waals surface area (Å²) in [6.45, 7) is 5.55. The van der Waals surface area contributed by atoms with Gasteiger partial charge in [-0.25, -0.2) is 0 Å². The third-order valence-electron chi connectivity index (χ3n) is 3.34. The highest BCUT2D eigenvalue weighted by Crippen LogP contribution is 2.30. The Morgan fingerprint density at radius 1 is 1.12 bits per heavy atom. The fraction of sp³-hybridized carbons (Fsp3) is 0.263. The van der Waals surface area contributed by atoms with Crippen LogP contribution in [0.4, 0.5) is 0 Å². The van der Waals surface area contributed by atoms with E-state index in [0.29, 0.717) is 22.8 Å². The molecule has 5 heteroatoms. The summed E-state index contributed by atoms with van der Waals surface area (Å²) < 4.78 is 5.15. The van der Waals surface area contributed by atoms with Gasteiger partial charge in [-0.1, -0.05) is 36.7 Å². The first-order valence-corrected chi connectivity index (χ1v) is 8.20. The molecule has 0 saturated carbocycles. The Morgan fingerprint density at radius 2 is 1.79 bits per heavy atom. The van der Waals surface area contributed by atoms with Gasteiger partial charge in [0.15, 0.2) is 0 Å². The van der Waals surface area contributed by atoms with Gasteiger partial charge in [0.1, 0.15) is 5.75 Å². The van der Waals surface area contributed by atoms with E-state index >= 15 is 0 Å². The van der Waals surface area contributed by atoms with Crippen molar-refractivity contribution < 1.29 is 14.3 Å². The Labute approximate surface area is 146 Å². The highest BCUT2D eigenvalue weighted by molar-refractivity contribution is 6.33. The summed E-state index contributed by atoms with van der Waals surface area (Å²) >= 11 is 6.33. The highest BCUT2D eigenvalue weighted by atomic mass is 35.5. The molecule has 0 aliphatic carbocycles. The van der Waals surface area contributed by atoms with Gasteiger partial charge in [-0.2, -0.15) is 0 Å². The summed E-state index contributed by atoms with van der Waals surface area (Å²) in [4.78, 5) is 23.3. The van der Waals surface area contributed by atoms with E-state index in [2.05, 4.69) is 5.32 Å². The third kappa shape index (κ3) is 4.59. The number of carbonyl (C=O) groups excluding carboxylic acids is 2. The highest BCUT2D eigenvalue weighted by Gasteiger charge is 2.11. The summed E-state index contributed by atoms with van der Waals surface area (Å²) in [6.07, 6.45) is 0.327. The van der Waals surface area contributed by atoms with Crippen molar-refractivity contribution in [3.63, 3.8) is 0 Å². The van der Waals surface area contributed by atoms with Crippen LogP contribution in [0.25, 0.3) is 11.1 Å². The molecule has 0 spiro atoms. The van der Waals surface area contributed by atoms with Crippen LogP contribution in [-0.2, 0) is 4.79 Å². The lowest BCUT2D eigenvalue weighted by molar-refractivity contribution is -0.134. The molecule has 0 bridgehead atoms. The van der Waals surface area contributed by atoms with Crippen LogP contribution in [0.3, 0.4) is 0 Å². The number of carbonyl (C=O) groups is 2. The number of rotatable bonds is 5. The van der Waals surface area contributed by atoms with E-state index in [1.165, 1.54) is 0 Å². The van der Waals surface area contributed by atoms with Crippen molar-refractivity contribution in [2.24, 2.45) is 0 Å². The second-order valence-electron chi connectivity index (χ2n) is 5.67. The predicted molar refractivity (Wildman–Crippen MR) is 95.4 cm³/mol. The molecule has 0 saturated heterocycles. The van der Waals surface area contributed by atoms with Crippen LogP contribution in [0, 0.1) is 0 Å². The molecule has 4 nitrogen and oxygen atoms in total. The van der Waals surface area contributed by atoms with Crippen molar-refractivity contribution in [2.45, 2.75) is 33.2 Å². The Bertz CT molecular complexity index is 739. The first kappa shape index (κ1) is 18.0. The molecule has 2 aromatic carbocycles. The number of benzene rings is 2. The van der Waals surface area contributed by atoms with Crippen LogP contribution in [0.1, 0.15) is 37.6 Å². The second-order valence-corrected chi connectivity index (χ2v) is 6.08. The molecule has 126 valence electrons. The molecule has 2 rings (SSSR count). The number of halogens is 1. The Kier molecular flexibility index (Phi) is 5.99. The van der Waals surface area contributed by atoms with Gasteiger partial charge < -0.3 is 10.1 Å². The summed E-state index contributed by atoms with van der Waals surface area (Å²) in [5.74, 6) is 0.0660. The Hall–Kier alpha value is -2.33. The fourth-order valence-electron chi connectivity index (χ4n) is 2.14. The lowest BCUT2D eigenvalue weighted by Crippen LogP contribution is -2.30. The minimum absolute atomic E-state index is 0.0642. The zero-order chi connectivity index (χ0) is 17.7. The van der Waals surface area contributed by atoms with Crippen molar-refractivity contribution in [1.82, 2.24) is 5.32 Å². The Balaban J connectivity index is 2.20. The molecule has 0 unspecified atom stereocenters. The molecule has 0 heterocycles. The third-order valence-corrected chi connectivity index (χ3v) is 3.65. The number of ether oxygens (including phenoxy) is 1. The fourth-order valence-corrected chi connectivity index (χ4v) is 2.43. The first-order chi connectivity index (χ1) is 11.4. The average molecular weight is 346 g/mol. The lowest BCUT2D eigenvalue weighted by atomic mass is 10.0. The minimum Gasteiger partial charge on any atom is -0.427 e. The van der Waals surface area contributed by atoms with Crippen LogP contribution < -0.4 is 10.1 Å². The molecule has 1 N–H and O–H groups in total. The van der Waals surface area contributed by atoms with Gasteiger partial charge in [0.2, 0.25) is 0 Å². The molecule has 0 aliphatic heterocycles. The predicted octanol–water partition coefficient (Wildman–Crippen LogP) is 4.46. The van der Waals surface area contributed by atoms with Gasteiger partial charge in [0, 0.05) is 28.6 Å². The SMILES string of the molecule is CCC(=O)Oc1ccc(-c2ccc(C(=O)NC(C)C)cc2Cl)cc1. The lowest BCUT2D eigenvalue weighted by Gasteiger charge is -2.11.